The molecule has 0 aromatic heterocycles. The summed E-state index contributed by atoms with van der Waals surface area (Å²) in [6.45, 7) is 0. The third-order valence-corrected chi connectivity index (χ3v) is 4.26. The van der Waals surface area contributed by atoms with E-state index in [0.29, 0.717) is 11.3 Å². The number of ether oxygens (including phenoxy) is 1. The number of aliphatic carboxylic acids is 1. The molecule has 0 heterocycles. The van der Waals surface area contributed by atoms with Gasteiger partial charge in [0.05, 0.1) is 6.42 Å². The fourth-order valence-corrected chi connectivity index (χ4v) is 3.14. The van der Waals surface area contributed by atoms with E-state index in [1.54, 1.807) is 0 Å². The van der Waals surface area contributed by atoms with Gasteiger partial charge in [0.1, 0.15) is 17.7 Å². The number of carbonyl (C=O) groups is 1. The van der Waals surface area contributed by atoms with Crippen LogP contribution in [0.1, 0.15) is 29.2 Å². The minimum atomic E-state index is -0.967. The van der Waals surface area contributed by atoms with Crippen molar-refractivity contribution in [2.45, 2.75) is 25.4 Å². The van der Waals surface area contributed by atoms with Crippen LogP contribution in [-0.4, -0.2) is 11.1 Å². The van der Waals surface area contributed by atoms with Gasteiger partial charge in [0.2, 0.25) is 0 Å². The summed E-state index contributed by atoms with van der Waals surface area (Å²) in [5, 5.41) is 8.96. The van der Waals surface area contributed by atoms with Crippen molar-refractivity contribution >= 4 is 21.9 Å². The van der Waals surface area contributed by atoms with E-state index in [1.807, 2.05) is 18.2 Å². The lowest BCUT2D eigenvalue weighted by atomic mass is 10.1. The van der Waals surface area contributed by atoms with E-state index in [2.05, 4.69) is 15.9 Å². The fraction of sp³-hybridized carbons (Fsp3) is 0.235. The SMILES string of the molecule is O=C(O)Cc1ccc(F)cc1OC1CCc2ccc(Br)cc21. The maximum Gasteiger partial charge on any atom is 0.307 e. The molecule has 1 unspecified atom stereocenters. The van der Waals surface area contributed by atoms with Gasteiger partial charge >= 0.3 is 5.97 Å². The second kappa shape index (κ2) is 6.08. The highest BCUT2D eigenvalue weighted by molar-refractivity contribution is 9.10. The molecule has 0 radical (unpaired) electrons. The number of rotatable bonds is 4. The molecule has 0 saturated carbocycles. The van der Waals surface area contributed by atoms with Crippen LogP contribution in [0.15, 0.2) is 40.9 Å². The Morgan fingerprint density at radius 2 is 2.14 bits per heavy atom. The van der Waals surface area contributed by atoms with E-state index in [4.69, 9.17) is 9.84 Å². The molecule has 0 amide bonds. The normalized spacial score (nSPS) is 16.4. The van der Waals surface area contributed by atoms with Crippen molar-refractivity contribution in [2.24, 2.45) is 0 Å². The third-order valence-electron chi connectivity index (χ3n) is 3.77. The summed E-state index contributed by atoms with van der Waals surface area (Å²) in [5.41, 5.74) is 2.77. The molecule has 0 spiro atoms. The first-order chi connectivity index (χ1) is 10.5. The van der Waals surface area contributed by atoms with Crippen LogP contribution in [0.2, 0.25) is 0 Å². The van der Waals surface area contributed by atoms with Crippen molar-refractivity contribution in [3.8, 4) is 5.75 Å². The van der Waals surface area contributed by atoms with Gasteiger partial charge in [-0.2, -0.15) is 0 Å². The molecule has 2 aromatic rings. The minimum Gasteiger partial charge on any atom is -0.485 e. The van der Waals surface area contributed by atoms with Crippen molar-refractivity contribution in [2.75, 3.05) is 0 Å². The molecule has 1 atom stereocenters. The zero-order valence-electron chi connectivity index (χ0n) is 11.7. The molecule has 2 aromatic carbocycles. The highest BCUT2D eigenvalue weighted by atomic mass is 79.9. The lowest BCUT2D eigenvalue weighted by molar-refractivity contribution is -0.136. The Morgan fingerprint density at radius 3 is 2.91 bits per heavy atom. The van der Waals surface area contributed by atoms with Crippen LogP contribution < -0.4 is 4.74 Å². The maximum atomic E-state index is 13.5. The van der Waals surface area contributed by atoms with E-state index in [9.17, 15) is 9.18 Å². The summed E-state index contributed by atoms with van der Waals surface area (Å²) in [6, 6.07) is 10.0. The van der Waals surface area contributed by atoms with Crippen LogP contribution in [0.4, 0.5) is 4.39 Å². The number of aryl methyl sites for hydroxylation is 1. The summed E-state index contributed by atoms with van der Waals surface area (Å²) in [4.78, 5) is 10.9. The minimum absolute atomic E-state index is 0.179. The summed E-state index contributed by atoms with van der Waals surface area (Å²) in [6.07, 6.45) is 1.33. The maximum absolute atomic E-state index is 13.5. The molecule has 114 valence electrons. The first kappa shape index (κ1) is 15.0. The van der Waals surface area contributed by atoms with Crippen LogP contribution >= 0.6 is 15.9 Å². The van der Waals surface area contributed by atoms with Gasteiger partial charge in [0.15, 0.2) is 0 Å². The van der Waals surface area contributed by atoms with E-state index < -0.39 is 11.8 Å². The molecule has 0 fully saturated rings. The summed E-state index contributed by atoms with van der Waals surface area (Å²) in [7, 11) is 0. The molecule has 0 bridgehead atoms. The first-order valence-electron chi connectivity index (χ1n) is 6.98. The third kappa shape index (κ3) is 3.14. The van der Waals surface area contributed by atoms with E-state index in [-0.39, 0.29) is 12.5 Å². The smallest absolute Gasteiger partial charge is 0.307 e. The quantitative estimate of drug-likeness (QED) is 0.880. The summed E-state index contributed by atoms with van der Waals surface area (Å²) < 4.78 is 20.4. The Hall–Kier alpha value is -1.88. The van der Waals surface area contributed by atoms with Gasteiger partial charge in [0, 0.05) is 16.1 Å². The van der Waals surface area contributed by atoms with Crippen molar-refractivity contribution in [1.29, 1.82) is 0 Å². The summed E-state index contributed by atoms with van der Waals surface area (Å²) in [5.74, 6) is -1.09. The van der Waals surface area contributed by atoms with Gasteiger partial charge in [-0.25, -0.2) is 4.39 Å². The number of halogens is 2. The molecule has 1 N–H and O–H groups in total. The van der Waals surface area contributed by atoms with Gasteiger partial charge in [-0.15, -0.1) is 0 Å². The first-order valence-corrected chi connectivity index (χ1v) is 7.77. The topological polar surface area (TPSA) is 46.5 Å². The standard InChI is InChI=1S/C17H14BrFO3/c18-12-4-1-10-3-6-15(14(10)8-12)22-16-9-13(19)5-2-11(16)7-17(20)21/h1-2,4-5,8-9,15H,3,6-7H2,(H,20,21). The number of carboxylic acids is 1. The molecule has 1 aliphatic rings. The molecular formula is C17H14BrFO3. The van der Waals surface area contributed by atoms with Gasteiger partial charge in [-0.05, 0) is 42.2 Å². The van der Waals surface area contributed by atoms with E-state index >= 15 is 0 Å². The van der Waals surface area contributed by atoms with Crippen LogP contribution in [0, 0.1) is 5.82 Å². The monoisotopic (exact) mass is 364 g/mol. The molecule has 3 rings (SSSR count). The van der Waals surface area contributed by atoms with E-state index in [1.165, 1.54) is 23.8 Å². The second-order valence-electron chi connectivity index (χ2n) is 5.31. The van der Waals surface area contributed by atoms with Gasteiger partial charge in [0.25, 0.3) is 0 Å². The Bertz CT molecular complexity index is 730. The van der Waals surface area contributed by atoms with Crippen molar-refractivity contribution in [3.05, 3.63) is 63.4 Å². The number of benzene rings is 2. The molecule has 0 saturated heterocycles. The van der Waals surface area contributed by atoms with Gasteiger partial charge in [-0.3, -0.25) is 4.79 Å². The largest absolute Gasteiger partial charge is 0.485 e. The average Bonchev–Trinajstić information content (AvgIpc) is 2.84. The Morgan fingerprint density at radius 1 is 1.32 bits per heavy atom. The van der Waals surface area contributed by atoms with Crippen molar-refractivity contribution in [1.82, 2.24) is 0 Å². The molecule has 0 aliphatic heterocycles. The van der Waals surface area contributed by atoms with Crippen LogP contribution in [-0.2, 0) is 17.6 Å². The molecule has 5 heteroatoms. The van der Waals surface area contributed by atoms with Crippen LogP contribution in [0.3, 0.4) is 0 Å². The molecule has 3 nitrogen and oxygen atoms in total. The lowest BCUT2D eigenvalue weighted by Crippen LogP contribution is -2.08. The molecule has 1 aliphatic carbocycles. The zero-order chi connectivity index (χ0) is 15.7. The lowest BCUT2D eigenvalue weighted by Gasteiger charge is -2.17. The van der Waals surface area contributed by atoms with Crippen LogP contribution in [0.25, 0.3) is 0 Å². The fourth-order valence-electron chi connectivity index (χ4n) is 2.76. The second-order valence-corrected chi connectivity index (χ2v) is 6.23. The number of hydrogen-bond acceptors (Lipinski definition) is 2. The summed E-state index contributed by atoms with van der Waals surface area (Å²) >= 11 is 3.44. The molecular weight excluding hydrogens is 351 g/mol. The van der Waals surface area contributed by atoms with Gasteiger partial charge in [-0.1, -0.05) is 28.1 Å². The Labute approximate surface area is 135 Å². The number of fused-ring (bicyclic) bond motifs is 1. The van der Waals surface area contributed by atoms with Crippen molar-refractivity contribution < 1.29 is 19.0 Å². The van der Waals surface area contributed by atoms with E-state index in [0.717, 1.165) is 22.9 Å². The number of carboxylic acid groups (broad SMARTS) is 1. The highest BCUT2D eigenvalue weighted by Gasteiger charge is 2.25. The van der Waals surface area contributed by atoms with Crippen molar-refractivity contribution in [3.63, 3.8) is 0 Å². The predicted octanol–water partition coefficient (Wildman–Crippen LogP) is 4.28. The zero-order valence-corrected chi connectivity index (χ0v) is 13.3. The molecule has 22 heavy (non-hydrogen) atoms. The predicted molar refractivity (Wildman–Crippen MR) is 83.6 cm³/mol. The highest BCUT2D eigenvalue weighted by Crippen LogP contribution is 2.37. The number of hydrogen-bond donors (Lipinski definition) is 1. The average molecular weight is 365 g/mol. The Kier molecular flexibility index (Phi) is 4.16. The van der Waals surface area contributed by atoms with Gasteiger partial charge < -0.3 is 9.84 Å². The Balaban J connectivity index is 1.90. The van der Waals surface area contributed by atoms with Crippen LogP contribution in [0.5, 0.6) is 5.75 Å².